The number of hydrogen-bond acceptors (Lipinski definition) is 6. The van der Waals surface area contributed by atoms with Gasteiger partial charge in [-0.3, -0.25) is 19.1 Å². The maximum absolute atomic E-state index is 14.4. The summed E-state index contributed by atoms with van der Waals surface area (Å²) in [6.45, 7) is 1.76. The number of ether oxygens (including phenoxy) is 1. The lowest BCUT2D eigenvalue weighted by Crippen LogP contribution is -2.46. The monoisotopic (exact) mass is 596 g/mol. The number of thiophene rings is 1. The lowest BCUT2D eigenvalue weighted by atomic mass is 9.77. The molecular weight excluding hydrogens is 571 g/mol. The van der Waals surface area contributed by atoms with E-state index in [1.165, 1.54) is 16.7 Å². The van der Waals surface area contributed by atoms with Gasteiger partial charge >= 0.3 is 0 Å². The van der Waals surface area contributed by atoms with Crippen LogP contribution in [0.1, 0.15) is 48.8 Å². The molecule has 11 heteroatoms. The highest BCUT2D eigenvalue weighted by atomic mass is 35.5. The Bertz CT molecular complexity index is 1600. The smallest absolute Gasteiger partial charge is 0.255 e. The van der Waals surface area contributed by atoms with Gasteiger partial charge in [0.05, 0.1) is 34.0 Å². The van der Waals surface area contributed by atoms with E-state index in [9.17, 15) is 14.4 Å². The summed E-state index contributed by atoms with van der Waals surface area (Å²) in [6, 6.07) is 16.8. The summed E-state index contributed by atoms with van der Waals surface area (Å²) in [7, 11) is 3.21. The molecule has 4 atom stereocenters. The molecule has 8 nitrogen and oxygen atoms in total. The zero-order chi connectivity index (χ0) is 28.7. The summed E-state index contributed by atoms with van der Waals surface area (Å²) in [5.41, 5.74) is 8.05. The van der Waals surface area contributed by atoms with Crippen LogP contribution in [0.15, 0.2) is 66.7 Å². The van der Waals surface area contributed by atoms with Crippen LogP contribution in [0.25, 0.3) is 0 Å². The van der Waals surface area contributed by atoms with Crippen molar-refractivity contribution in [3.63, 3.8) is 0 Å². The van der Waals surface area contributed by atoms with Gasteiger partial charge < -0.3 is 15.4 Å². The van der Waals surface area contributed by atoms with Crippen LogP contribution in [0.4, 0.5) is 0 Å². The first-order chi connectivity index (χ1) is 19.1. The quantitative estimate of drug-likeness (QED) is 0.286. The highest BCUT2D eigenvalue weighted by molar-refractivity contribution is 7.18. The second-order valence-electron chi connectivity index (χ2n) is 9.58. The van der Waals surface area contributed by atoms with Crippen molar-refractivity contribution < 1.29 is 19.1 Å². The number of amides is 2. The topological polar surface area (TPSA) is 108 Å². The van der Waals surface area contributed by atoms with Gasteiger partial charge in [0.1, 0.15) is 16.9 Å². The molecule has 1 saturated heterocycles. The largest absolute Gasteiger partial charge is 0.497 e. The molecule has 0 bridgehead atoms. The molecule has 2 amide bonds. The van der Waals surface area contributed by atoms with Gasteiger partial charge in [0.2, 0.25) is 5.91 Å². The number of carbonyl (C=O) groups excluding carboxylic acids is 3. The van der Waals surface area contributed by atoms with Crippen molar-refractivity contribution in [1.29, 1.82) is 0 Å². The molecule has 2 aromatic carbocycles. The number of hydrogen-bond donors (Lipinski definition) is 1. The molecule has 0 aliphatic carbocycles. The fourth-order valence-corrected chi connectivity index (χ4v) is 6.98. The van der Waals surface area contributed by atoms with Crippen molar-refractivity contribution in [2.45, 2.75) is 24.9 Å². The minimum absolute atomic E-state index is 0.255. The fraction of sp³-hybridized carbons (Fsp3) is 0.241. The number of carbonyl (C=O) groups is 3. The van der Waals surface area contributed by atoms with Crippen LogP contribution in [0.5, 0.6) is 5.75 Å². The molecule has 3 heterocycles. The summed E-state index contributed by atoms with van der Waals surface area (Å²) >= 11 is 14.2. The van der Waals surface area contributed by atoms with E-state index in [-0.39, 0.29) is 10.9 Å². The van der Waals surface area contributed by atoms with Gasteiger partial charge in [0, 0.05) is 24.1 Å². The van der Waals surface area contributed by atoms with Crippen LogP contribution in [0.2, 0.25) is 9.49 Å². The molecule has 1 fully saturated rings. The summed E-state index contributed by atoms with van der Waals surface area (Å²) in [5.74, 6) is -2.74. The van der Waals surface area contributed by atoms with Gasteiger partial charge in [0.25, 0.3) is 5.91 Å². The van der Waals surface area contributed by atoms with E-state index in [1.54, 1.807) is 80.7 Å². The van der Waals surface area contributed by atoms with Crippen molar-refractivity contribution in [2.24, 2.45) is 18.7 Å². The first-order valence-electron chi connectivity index (χ1n) is 12.4. The number of likely N-dealkylation sites (tertiary alicyclic amines) is 1. The van der Waals surface area contributed by atoms with Gasteiger partial charge in [-0.2, -0.15) is 5.10 Å². The predicted octanol–water partition coefficient (Wildman–Crippen LogP) is 5.44. The summed E-state index contributed by atoms with van der Waals surface area (Å²) in [4.78, 5) is 43.9. The molecule has 1 aliphatic heterocycles. The Morgan fingerprint density at radius 2 is 1.75 bits per heavy atom. The minimum atomic E-state index is -1.19. The Morgan fingerprint density at radius 3 is 2.33 bits per heavy atom. The maximum atomic E-state index is 14.4. The van der Waals surface area contributed by atoms with E-state index in [0.717, 1.165) is 11.3 Å². The maximum Gasteiger partial charge on any atom is 0.255 e. The third kappa shape index (κ3) is 4.78. The molecule has 4 aromatic rings. The number of nitrogens with zero attached hydrogens (tertiary/aromatic N) is 3. The number of halogens is 2. The van der Waals surface area contributed by atoms with Crippen molar-refractivity contribution >= 4 is 52.1 Å². The van der Waals surface area contributed by atoms with Gasteiger partial charge in [-0.15, -0.1) is 11.3 Å². The van der Waals surface area contributed by atoms with Crippen LogP contribution in [-0.2, 0) is 11.8 Å². The average Bonchev–Trinajstić information content (AvgIpc) is 3.61. The Labute approximate surface area is 245 Å². The number of aromatic nitrogens is 2. The van der Waals surface area contributed by atoms with Crippen LogP contribution < -0.4 is 10.5 Å². The van der Waals surface area contributed by atoms with E-state index in [4.69, 9.17) is 33.7 Å². The van der Waals surface area contributed by atoms with Crippen molar-refractivity contribution in [3.8, 4) is 5.75 Å². The van der Waals surface area contributed by atoms with Crippen LogP contribution in [0.3, 0.4) is 0 Å². The van der Waals surface area contributed by atoms with Gasteiger partial charge in [0.15, 0.2) is 5.78 Å². The Kier molecular flexibility index (Phi) is 7.72. The highest BCUT2D eigenvalue weighted by Crippen LogP contribution is 2.54. The van der Waals surface area contributed by atoms with Crippen molar-refractivity contribution in [1.82, 2.24) is 14.7 Å². The third-order valence-electron chi connectivity index (χ3n) is 7.30. The van der Waals surface area contributed by atoms with E-state index in [2.05, 4.69) is 5.10 Å². The second-order valence-corrected chi connectivity index (χ2v) is 11.7. The summed E-state index contributed by atoms with van der Waals surface area (Å²) in [5, 5.41) is 4.72. The normalized spacial score (nSPS) is 20.5. The number of aryl methyl sites for hydroxylation is 2. The highest BCUT2D eigenvalue weighted by Gasteiger charge is 2.58. The number of ketones is 1. The number of rotatable bonds is 7. The van der Waals surface area contributed by atoms with Gasteiger partial charge in [-0.25, -0.2) is 0 Å². The Hall–Kier alpha value is -3.66. The molecule has 206 valence electrons. The fourth-order valence-electron chi connectivity index (χ4n) is 5.67. The predicted molar refractivity (Wildman–Crippen MR) is 154 cm³/mol. The molecule has 4 unspecified atom stereocenters. The van der Waals surface area contributed by atoms with Crippen LogP contribution >= 0.6 is 34.5 Å². The van der Waals surface area contributed by atoms with E-state index in [0.29, 0.717) is 37.3 Å². The van der Waals surface area contributed by atoms with Crippen LogP contribution in [0, 0.1) is 12.8 Å². The molecule has 0 radical (unpaired) electrons. The number of benzene rings is 2. The molecule has 40 heavy (non-hydrogen) atoms. The first kappa shape index (κ1) is 27.9. The number of Topliss-reactive ketones (excluding diaryl/α,β-unsaturated/α-hetero) is 1. The molecule has 2 N–H and O–H groups in total. The number of primary amides is 1. The summed E-state index contributed by atoms with van der Waals surface area (Å²) < 4.78 is 7.38. The molecule has 1 aliphatic rings. The molecular formula is C29H26Cl2N4O4S. The molecule has 5 rings (SSSR count). The van der Waals surface area contributed by atoms with Gasteiger partial charge in [-0.1, -0.05) is 53.5 Å². The number of methoxy groups -OCH3 is 1. The zero-order valence-electron chi connectivity index (χ0n) is 21.9. The average molecular weight is 598 g/mol. The zero-order valence-corrected chi connectivity index (χ0v) is 24.2. The lowest BCUT2D eigenvalue weighted by molar-refractivity contribution is -0.122. The van der Waals surface area contributed by atoms with Gasteiger partial charge in [-0.05, 0) is 48.9 Å². The lowest BCUT2D eigenvalue weighted by Gasteiger charge is -2.30. The Balaban J connectivity index is 1.83. The minimum Gasteiger partial charge on any atom is -0.497 e. The molecule has 0 saturated carbocycles. The molecule has 0 spiro atoms. The molecule has 2 aromatic heterocycles. The van der Waals surface area contributed by atoms with E-state index >= 15 is 0 Å². The van der Waals surface area contributed by atoms with E-state index < -0.39 is 35.7 Å². The standard InChI is InChI=1S/C29H26Cl2N4O4S/c1-15-21(27(31)34(2)33-15)24-23(26(36)19-12-13-20(30)40-19)22(17-10-7-11-18(14-17)39-3)25(28(32)37)35(24)29(38)16-8-5-4-6-9-16/h4-14,22-25H,1-3H3,(H2,32,37). The first-order valence-corrected chi connectivity index (χ1v) is 14.0. The number of nitrogens with two attached hydrogens (primary N) is 1. The second kappa shape index (κ2) is 11.1. The van der Waals surface area contributed by atoms with Crippen molar-refractivity contribution in [3.05, 3.63) is 103 Å². The van der Waals surface area contributed by atoms with Crippen LogP contribution in [-0.4, -0.2) is 45.4 Å². The SMILES string of the molecule is COc1cccc(C2C(C(=O)c3ccc(Cl)s3)C(c3c(C)nn(C)c3Cl)N(C(=O)c3ccccc3)C2C(N)=O)c1. The van der Waals surface area contributed by atoms with E-state index in [1.807, 2.05) is 0 Å². The Morgan fingerprint density at radius 1 is 1.02 bits per heavy atom. The third-order valence-corrected chi connectivity index (χ3v) is 9.00. The summed E-state index contributed by atoms with van der Waals surface area (Å²) in [6.07, 6.45) is 0. The van der Waals surface area contributed by atoms with Crippen molar-refractivity contribution in [2.75, 3.05) is 7.11 Å².